The van der Waals surface area contributed by atoms with Crippen molar-refractivity contribution in [3.05, 3.63) is 58.7 Å². The molecule has 0 amide bonds. The van der Waals surface area contributed by atoms with Gasteiger partial charge in [0, 0.05) is 5.56 Å². The summed E-state index contributed by atoms with van der Waals surface area (Å²) in [6.45, 7) is 3.93. The van der Waals surface area contributed by atoms with E-state index in [1.54, 1.807) is 19.2 Å². The van der Waals surface area contributed by atoms with Crippen molar-refractivity contribution in [2.75, 3.05) is 7.11 Å². The highest BCUT2D eigenvalue weighted by Gasteiger charge is 2.16. The van der Waals surface area contributed by atoms with E-state index >= 15 is 0 Å². The van der Waals surface area contributed by atoms with E-state index in [1.807, 2.05) is 26.0 Å². The van der Waals surface area contributed by atoms with Crippen LogP contribution in [0.5, 0.6) is 11.5 Å². The van der Waals surface area contributed by atoms with Crippen molar-refractivity contribution in [2.45, 2.75) is 13.8 Å². The highest BCUT2D eigenvalue weighted by atomic mass is 16.5. The lowest BCUT2D eigenvalue weighted by molar-refractivity contribution is 0.103. The summed E-state index contributed by atoms with van der Waals surface area (Å²) in [5.74, 6) is 0.473. The number of carbonyl (C=O) groups is 1. The number of aryl methyl sites for hydroxylation is 2. The molecule has 0 aromatic heterocycles. The van der Waals surface area contributed by atoms with E-state index < -0.39 is 0 Å². The number of hydrogen-bond acceptors (Lipinski definition) is 3. The van der Waals surface area contributed by atoms with Crippen molar-refractivity contribution in [3.63, 3.8) is 0 Å². The molecule has 0 saturated heterocycles. The summed E-state index contributed by atoms with van der Waals surface area (Å²) in [6, 6.07) is 9.99. The van der Waals surface area contributed by atoms with E-state index in [0.29, 0.717) is 16.9 Å². The Balaban J connectivity index is 2.52. The molecule has 2 aromatic carbocycles. The van der Waals surface area contributed by atoms with Gasteiger partial charge >= 0.3 is 0 Å². The molecule has 0 aliphatic heterocycles. The van der Waals surface area contributed by atoms with Gasteiger partial charge in [-0.2, -0.15) is 0 Å². The number of methoxy groups -OCH3 is 1. The van der Waals surface area contributed by atoms with Gasteiger partial charge in [-0.3, -0.25) is 4.79 Å². The molecule has 0 aliphatic rings. The van der Waals surface area contributed by atoms with Crippen LogP contribution < -0.4 is 4.74 Å². The maximum Gasteiger partial charge on any atom is 0.196 e. The second kappa shape index (κ2) is 5.14. The van der Waals surface area contributed by atoms with Crippen LogP contribution in [0.2, 0.25) is 0 Å². The third kappa shape index (κ3) is 2.60. The van der Waals surface area contributed by atoms with Crippen molar-refractivity contribution < 1.29 is 14.6 Å². The quantitative estimate of drug-likeness (QED) is 0.857. The molecule has 0 saturated carbocycles. The lowest BCUT2D eigenvalue weighted by Crippen LogP contribution is -2.05. The summed E-state index contributed by atoms with van der Waals surface area (Å²) < 4.78 is 5.27. The lowest BCUT2D eigenvalue weighted by Gasteiger charge is -2.11. The standard InChI is InChI=1S/C16H16O3/c1-10-7-14(15(19-3)8-11(10)2)16(18)12-5-4-6-13(17)9-12/h4-9,17H,1-3H3. The summed E-state index contributed by atoms with van der Waals surface area (Å²) in [6.07, 6.45) is 0. The summed E-state index contributed by atoms with van der Waals surface area (Å²) in [7, 11) is 1.54. The van der Waals surface area contributed by atoms with Gasteiger partial charge in [0.15, 0.2) is 5.78 Å². The number of ketones is 1. The number of phenols is 1. The van der Waals surface area contributed by atoms with Gasteiger partial charge in [0.25, 0.3) is 0 Å². The van der Waals surface area contributed by atoms with Crippen LogP contribution in [-0.2, 0) is 0 Å². The first kappa shape index (κ1) is 13.1. The van der Waals surface area contributed by atoms with Gasteiger partial charge in [0.2, 0.25) is 0 Å². The number of carbonyl (C=O) groups excluding carboxylic acids is 1. The monoisotopic (exact) mass is 256 g/mol. The fourth-order valence-corrected chi connectivity index (χ4v) is 1.94. The van der Waals surface area contributed by atoms with E-state index in [0.717, 1.165) is 11.1 Å². The zero-order valence-corrected chi connectivity index (χ0v) is 11.2. The fourth-order valence-electron chi connectivity index (χ4n) is 1.94. The van der Waals surface area contributed by atoms with E-state index in [1.165, 1.54) is 12.1 Å². The summed E-state index contributed by atoms with van der Waals surface area (Å²) in [4.78, 5) is 12.5. The maximum absolute atomic E-state index is 12.5. The molecule has 0 aliphatic carbocycles. The van der Waals surface area contributed by atoms with Crippen molar-refractivity contribution in [2.24, 2.45) is 0 Å². The Hall–Kier alpha value is -2.29. The minimum atomic E-state index is -0.157. The first-order chi connectivity index (χ1) is 9.02. The molecule has 19 heavy (non-hydrogen) atoms. The van der Waals surface area contributed by atoms with Crippen LogP contribution in [0, 0.1) is 13.8 Å². The second-order valence-electron chi connectivity index (χ2n) is 4.52. The van der Waals surface area contributed by atoms with Gasteiger partial charge in [-0.1, -0.05) is 12.1 Å². The molecule has 0 unspecified atom stereocenters. The Morgan fingerprint density at radius 1 is 1.11 bits per heavy atom. The topological polar surface area (TPSA) is 46.5 Å². The summed E-state index contributed by atoms with van der Waals surface area (Å²) in [5, 5.41) is 9.45. The van der Waals surface area contributed by atoms with Crippen LogP contribution in [0.15, 0.2) is 36.4 Å². The average molecular weight is 256 g/mol. The van der Waals surface area contributed by atoms with Crippen molar-refractivity contribution in [3.8, 4) is 11.5 Å². The Morgan fingerprint density at radius 2 is 1.79 bits per heavy atom. The first-order valence-corrected chi connectivity index (χ1v) is 6.02. The predicted molar refractivity (Wildman–Crippen MR) is 74.0 cm³/mol. The third-order valence-corrected chi connectivity index (χ3v) is 3.17. The number of hydrogen-bond donors (Lipinski definition) is 1. The highest BCUT2D eigenvalue weighted by molar-refractivity contribution is 6.11. The Labute approximate surface area is 112 Å². The molecule has 3 heteroatoms. The number of benzene rings is 2. The van der Waals surface area contributed by atoms with Gasteiger partial charge in [-0.05, 0) is 49.2 Å². The fraction of sp³-hybridized carbons (Fsp3) is 0.188. The normalized spacial score (nSPS) is 10.3. The Morgan fingerprint density at radius 3 is 2.42 bits per heavy atom. The SMILES string of the molecule is COc1cc(C)c(C)cc1C(=O)c1cccc(O)c1. The van der Waals surface area contributed by atoms with Crippen molar-refractivity contribution in [1.29, 1.82) is 0 Å². The van der Waals surface area contributed by atoms with Crippen LogP contribution in [0.1, 0.15) is 27.0 Å². The van der Waals surface area contributed by atoms with Crippen LogP contribution in [0.25, 0.3) is 0 Å². The van der Waals surface area contributed by atoms with E-state index in [4.69, 9.17) is 4.74 Å². The zero-order valence-electron chi connectivity index (χ0n) is 11.2. The molecule has 0 atom stereocenters. The van der Waals surface area contributed by atoms with Gasteiger partial charge in [-0.25, -0.2) is 0 Å². The number of ether oxygens (including phenoxy) is 1. The van der Waals surface area contributed by atoms with Crippen LogP contribution in [0.3, 0.4) is 0 Å². The van der Waals surface area contributed by atoms with E-state index in [2.05, 4.69) is 0 Å². The molecule has 0 spiro atoms. The van der Waals surface area contributed by atoms with E-state index in [9.17, 15) is 9.90 Å². The van der Waals surface area contributed by atoms with Gasteiger partial charge in [-0.15, -0.1) is 0 Å². The maximum atomic E-state index is 12.5. The number of aromatic hydroxyl groups is 1. The number of rotatable bonds is 3. The van der Waals surface area contributed by atoms with Crippen molar-refractivity contribution >= 4 is 5.78 Å². The van der Waals surface area contributed by atoms with Crippen molar-refractivity contribution in [1.82, 2.24) is 0 Å². The molecule has 1 N–H and O–H groups in total. The van der Waals surface area contributed by atoms with Crippen LogP contribution >= 0.6 is 0 Å². The molecule has 0 bridgehead atoms. The minimum Gasteiger partial charge on any atom is -0.508 e. The molecular weight excluding hydrogens is 240 g/mol. The first-order valence-electron chi connectivity index (χ1n) is 6.02. The second-order valence-corrected chi connectivity index (χ2v) is 4.52. The highest BCUT2D eigenvalue weighted by Crippen LogP contribution is 2.26. The van der Waals surface area contributed by atoms with Gasteiger partial charge < -0.3 is 9.84 Å². The minimum absolute atomic E-state index is 0.0775. The molecule has 0 fully saturated rings. The molecule has 3 nitrogen and oxygen atoms in total. The van der Waals surface area contributed by atoms with Gasteiger partial charge in [0.1, 0.15) is 11.5 Å². The summed E-state index contributed by atoms with van der Waals surface area (Å²) >= 11 is 0. The van der Waals surface area contributed by atoms with Crippen LogP contribution in [-0.4, -0.2) is 18.0 Å². The van der Waals surface area contributed by atoms with E-state index in [-0.39, 0.29) is 11.5 Å². The Bertz CT molecular complexity index is 630. The third-order valence-electron chi connectivity index (χ3n) is 3.17. The average Bonchev–Trinajstić information content (AvgIpc) is 2.40. The smallest absolute Gasteiger partial charge is 0.196 e. The van der Waals surface area contributed by atoms with Crippen LogP contribution in [0.4, 0.5) is 0 Å². The van der Waals surface area contributed by atoms with Gasteiger partial charge in [0.05, 0.1) is 12.7 Å². The molecule has 2 rings (SSSR count). The largest absolute Gasteiger partial charge is 0.508 e. The number of phenolic OH excluding ortho intramolecular Hbond substituents is 1. The zero-order chi connectivity index (χ0) is 14.0. The molecule has 0 radical (unpaired) electrons. The summed E-state index contributed by atoms with van der Waals surface area (Å²) in [5.41, 5.74) is 3.06. The Kier molecular flexibility index (Phi) is 3.56. The molecule has 2 aromatic rings. The lowest BCUT2D eigenvalue weighted by atomic mass is 9.98. The molecular formula is C16H16O3. The molecule has 98 valence electrons. The molecule has 0 heterocycles. The predicted octanol–water partition coefficient (Wildman–Crippen LogP) is 3.25.